The van der Waals surface area contributed by atoms with E-state index in [1.165, 1.54) is 19.3 Å². The topological polar surface area (TPSA) is 32.3 Å². The molecule has 0 aromatic rings. The van der Waals surface area contributed by atoms with E-state index in [4.69, 9.17) is 0 Å². The molecule has 0 radical (unpaired) electrons. The van der Waals surface area contributed by atoms with Gasteiger partial charge in [0.25, 0.3) is 0 Å². The molecule has 17 heavy (non-hydrogen) atoms. The minimum absolute atomic E-state index is 0.223. The lowest BCUT2D eigenvalue weighted by Gasteiger charge is -2.31. The third-order valence-corrected chi connectivity index (χ3v) is 3.58. The van der Waals surface area contributed by atoms with Crippen LogP contribution in [-0.4, -0.2) is 36.5 Å². The number of piperidine rings is 1. The maximum atomic E-state index is 11.2. The van der Waals surface area contributed by atoms with Crippen molar-refractivity contribution in [2.24, 2.45) is 5.92 Å². The van der Waals surface area contributed by atoms with Crippen LogP contribution in [0.2, 0.25) is 0 Å². The van der Waals surface area contributed by atoms with Gasteiger partial charge in [-0.3, -0.25) is 4.79 Å². The fraction of sp³-hybridized carbons (Fsp3) is 0.929. The highest BCUT2D eigenvalue weighted by Crippen LogP contribution is 2.11. The molecule has 0 aromatic heterocycles. The van der Waals surface area contributed by atoms with Crippen molar-refractivity contribution in [1.29, 1.82) is 0 Å². The van der Waals surface area contributed by atoms with Crippen molar-refractivity contribution >= 4 is 5.91 Å². The SMILES string of the molecule is CC(=O)N1CCC(NCCCCC(C)C)CC1. The Morgan fingerprint density at radius 1 is 1.29 bits per heavy atom. The molecule has 0 unspecified atom stereocenters. The van der Waals surface area contributed by atoms with E-state index in [-0.39, 0.29) is 5.91 Å². The lowest BCUT2D eigenvalue weighted by atomic mass is 10.0. The average molecular weight is 240 g/mol. The first-order valence-corrected chi connectivity index (χ1v) is 7.08. The number of carbonyl (C=O) groups excluding carboxylic acids is 1. The van der Waals surface area contributed by atoms with Crippen molar-refractivity contribution in [3.05, 3.63) is 0 Å². The van der Waals surface area contributed by atoms with Crippen molar-refractivity contribution in [2.75, 3.05) is 19.6 Å². The zero-order valence-electron chi connectivity index (χ0n) is 11.7. The van der Waals surface area contributed by atoms with Crippen LogP contribution in [0.1, 0.15) is 52.9 Å². The molecule has 1 aliphatic heterocycles. The molecule has 100 valence electrons. The summed E-state index contributed by atoms with van der Waals surface area (Å²) in [6.07, 6.45) is 6.18. The number of nitrogens with zero attached hydrogens (tertiary/aromatic N) is 1. The molecule has 1 heterocycles. The molecule has 1 saturated heterocycles. The normalized spacial score (nSPS) is 17.8. The number of rotatable bonds is 6. The number of hydrogen-bond donors (Lipinski definition) is 1. The molecule has 0 saturated carbocycles. The molecule has 3 nitrogen and oxygen atoms in total. The van der Waals surface area contributed by atoms with E-state index in [1.807, 2.05) is 4.90 Å². The molecule has 3 heteroatoms. The molecular weight excluding hydrogens is 212 g/mol. The van der Waals surface area contributed by atoms with E-state index < -0.39 is 0 Å². The van der Waals surface area contributed by atoms with Gasteiger partial charge in [-0.15, -0.1) is 0 Å². The molecule has 0 aromatic carbocycles. The van der Waals surface area contributed by atoms with Crippen LogP contribution < -0.4 is 5.32 Å². The van der Waals surface area contributed by atoms with Crippen LogP contribution in [0.25, 0.3) is 0 Å². The summed E-state index contributed by atoms with van der Waals surface area (Å²) in [4.78, 5) is 13.1. The van der Waals surface area contributed by atoms with Crippen LogP contribution in [0, 0.1) is 5.92 Å². The van der Waals surface area contributed by atoms with E-state index in [1.54, 1.807) is 6.92 Å². The quantitative estimate of drug-likeness (QED) is 0.723. The Balaban J connectivity index is 2.01. The standard InChI is InChI=1S/C14H28N2O/c1-12(2)6-4-5-9-15-14-7-10-16(11-8-14)13(3)17/h12,14-15H,4-11H2,1-3H3. The van der Waals surface area contributed by atoms with Crippen LogP contribution in [0.3, 0.4) is 0 Å². The lowest BCUT2D eigenvalue weighted by Crippen LogP contribution is -2.44. The second-order valence-corrected chi connectivity index (χ2v) is 5.62. The average Bonchev–Trinajstić information content (AvgIpc) is 2.29. The maximum absolute atomic E-state index is 11.2. The van der Waals surface area contributed by atoms with E-state index in [2.05, 4.69) is 19.2 Å². The summed E-state index contributed by atoms with van der Waals surface area (Å²) in [6, 6.07) is 0.629. The van der Waals surface area contributed by atoms with E-state index >= 15 is 0 Å². The van der Waals surface area contributed by atoms with Crippen LogP contribution >= 0.6 is 0 Å². The van der Waals surface area contributed by atoms with Gasteiger partial charge in [0.05, 0.1) is 0 Å². The molecule has 0 spiro atoms. The molecule has 1 amide bonds. The Morgan fingerprint density at radius 2 is 1.94 bits per heavy atom. The molecule has 1 aliphatic rings. The number of unbranched alkanes of at least 4 members (excludes halogenated alkanes) is 1. The lowest BCUT2D eigenvalue weighted by molar-refractivity contribution is -0.129. The summed E-state index contributed by atoms with van der Waals surface area (Å²) in [5, 5.41) is 3.62. The number of amides is 1. The van der Waals surface area contributed by atoms with E-state index in [9.17, 15) is 4.79 Å². The molecule has 0 aliphatic carbocycles. The summed E-state index contributed by atoms with van der Waals surface area (Å²) in [5.74, 6) is 1.05. The molecule has 0 atom stereocenters. The summed E-state index contributed by atoms with van der Waals surface area (Å²) < 4.78 is 0. The minimum atomic E-state index is 0.223. The first-order chi connectivity index (χ1) is 8.09. The van der Waals surface area contributed by atoms with Gasteiger partial charge in [-0.1, -0.05) is 26.7 Å². The summed E-state index contributed by atoms with van der Waals surface area (Å²) >= 11 is 0. The molecule has 1 N–H and O–H groups in total. The zero-order valence-corrected chi connectivity index (χ0v) is 11.7. The zero-order chi connectivity index (χ0) is 12.7. The predicted molar refractivity (Wildman–Crippen MR) is 72.0 cm³/mol. The summed E-state index contributed by atoms with van der Waals surface area (Å²) in [7, 11) is 0. The number of nitrogens with one attached hydrogen (secondary N) is 1. The highest BCUT2D eigenvalue weighted by molar-refractivity contribution is 5.73. The first kappa shape index (κ1) is 14.5. The predicted octanol–water partition coefficient (Wildman–Crippen LogP) is 2.41. The third-order valence-electron chi connectivity index (χ3n) is 3.58. The Bertz CT molecular complexity index is 220. The van der Waals surface area contributed by atoms with Gasteiger partial charge in [0.2, 0.25) is 5.91 Å². The van der Waals surface area contributed by atoms with Gasteiger partial charge in [-0.25, -0.2) is 0 Å². The number of carbonyl (C=O) groups is 1. The van der Waals surface area contributed by atoms with Gasteiger partial charge in [-0.2, -0.15) is 0 Å². The number of hydrogen-bond acceptors (Lipinski definition) is 2. The molecular formula is C14H28N2O. The fourth-order valence-electron chi connectivity index (χ4n) is 2.38. The second kappa shape index (κ2) is 7.70. The van der Waals surface area contributed by atoms with Gasteiger partial charge in [0.1, 0.15) is 0 Å². The van der Waals surface area contributed by atoms with Gasteiger partial charge >= 0.3 is 0 Å². The highest BCUT2D eigenvalue weighted by atomic mass is 16.2. The minimum Gasteiger partial charge on any atom is -0.343 e. The van der Waals surface area contributed by atoms with Gasteiger partial charge < -0.3 is 10.2 Å². The third kappa shape index (κ3) is 6.06. The summed E-state index contributed by atoms with van der Waals surface area (Å²) in [5.41, 5.74) is 0. The van der Waals surface area contributed by atoms with Crippen molar-refractivity contribution in [3.8, 4) is 0 Å². The van der Waals surface area contributed by atoms with E-state index in [0.717, 1.165) is 38.4 Å². The van der Waals surface area contributed by atoms with Crippen LogP contribution in [-0.2, 0) is 4.79 Å². The second-order valence-electron chi connectivity index (χ2n) is 5.62. The van der Waals surface area contributed by atoms with Crippen LogP contribution in [0.4, 0.5) is 0 Å². The smallest absolute Gasteiger partial charge is 0.219 e. The van der Waals surface area contributed by atoms with Gasteiger partial charge in [-0.05, 0) is 31.7 Å². The molecule has 1 fully saturated rings. The largest absolute Gasteiger partial charge is 0.343 e. The van der Waals surface area contributed by atoms with Crippen molar-refractivity contribution in [3.63, 3.8) is 0 Å². The highest BCUT2D eigenvalue weighted by Gasteiger charge is 2.19. The van der Waals surface area contributed by atoms with Crippen LogP contribution in [0.5, 0.6) is 0 Å². The van der Waals surface area contributed by atoms with Crippen molar-refractivity contribution < 1.29 is 4.79 Å². The Labute approximate surface area is 106 Å². The monoisotopic (exact) mass is 240 g/mol. The molecule has 0 bridgehead atoms. The van der Waals surface area contributed by atoms with Crippen LogP contribution in [0.15, 0.2) is 0 Å². The molecule has 1 rings (SSSR count). The van der Waals surface area contributed by atoms with Gasteiger partial charge in [0.15, 0.2) is 0 Å². The maximum Gasteiger partial charge on any atom is 0.219 e. The Kier molecular flexibility index (Phi) is 6.56. The van der Waals surface area contributed by atoms with Gasteiger partial charge in [0, 0.05) is 26.1 Å². The van der Waals surface area contributed by atoms with Crippen molar-refractivity contribution in [2.45, 2.75) is 58.9 Å². The van der Waals surface area contributed by atoms with E-state index in [0.29, 0.717) is 6.04 Å². The Hall–Kier alpha value is -0.570. The fourth-order valence-corrected chi connectivity index (χ4v) is 2.38. The Morgan fingerprint density at radius 3 is 2.47 bits per heavy atom. The number of likely N-dealkylation sites (tertiary alicyclic amines) is 1. The first-order valence-electron chi connectivity index (χ1n) is 7.08. The summed E-state index contributed by atoms with van der Waals surface area (Å²) in [6.45, 7) is 9.23. The van der Waals surface area contributed by atoms with Crippen molar-refractivity contribution in [1.82, 2.24) is 10.2 Å².